The first-order valence-electron chi connectivity index (χ1n) is 32.0. The summed E-state index contributed by atoms with van der Waals surface area (Å²) in [6, 6.07) is 26.1. The van der Waals surface area contributed by atoms with Crippen LogP contribution in [-0.4, -0.2) is 241 Å². The average Bonchev–Trinajstić information content (AvgIpc) is 1.58. The summed E-state index contributed by atoms with van der Waals surface area (Å²) in [4.78, 5) is 50.1. The van der Waals surface area contributed by atoms with Crippen LogP contribution in [0.4, 0.5) is 34.1 Å². The maximum atomic E-state index is 11.2. The third kappa shape index (κ3) is 28.7. The van der Waals surface area contributed by atoms with Crippen molar-refractivity contribution < 1.29 is 54.0 Å². The Morgan fingerprint density at radius 3 is 1.44 bits per heavy atom. The molecule has 1 aromatic heterocycles. The van der Waals surface area contributed by atoms with Crippen molar-refractivity contribution in [3.63, 3.8) is 0 Å². The number of H-pyrrole nitrogens is 1. The smallest absolute Gasteiger partial charge is 0.271 e. The largest absolute Gasteiger partial charge is 0.508 e. The van der Waals surface area contributed by atoms with Crippen LogP contribution in [-0.2, 0) is 0 Å². The summed E-state index contributed by atoms with van der Waals surface area (Å²) in [6.45, 7) is 15.1. The van der Waals surface area contributed by atoms with E-state index in [1.807, 2.05) is 131 Å². The van der Waals surface area contributed by atoms with Gasteiger partial charge in [-0.2, -0.15) is 10.1 Å². The first kappa shape index (κ1) is 88.9. The fraction of sp³-hybridized carbons (Fsp3) is 0.429. The van der Waals surface area contributed by atoms with E-state index in [1.54, 1.807) is 44.1 Å². The predicted octanol–water partition coefficient (Wildman–Crippen LogP) is 11.1. The lowest BCUT2D eigenvalue weighted by Gasteiger charge is -2.24. The summed E-state index contributed by atoms with van der Waals surface area (Å²) < 4.78 is 23.8. The number of nitrogens with one attached hydrogen (secondary N) is 3. The minimum absolute atomic E-state index is 0.0314. The second-order valence-corrected chi connectivity index (χ2v) is 25.9. The number of methoxy groups -OCH3 is 4. The zero-order valence-corrected chi connectivity index (χ0v) is 65.4. The number of ether oxygens (including phenoxy) is 4. The number of likely N-dealkylation sites (N-methyl/N-ethyl adjacent to an activating group) is 8. The van der Waals surface area contributed by atoms with Crippen molar-refractivity contribution in [1.82, 2.24) is 45.1 Å². The number of carbonyl (C=O) groups is 1. The van der Waals surface area contributed by atoms with Crippen molar-refractivity contribution >= 4 is 85.6 Å². The minimum Gasteiger partial charge on any atom is -0.508 e. The molecule has 0 radical (unpaired) electrons. The number of non-ortho nitro benzene ring substituents is 2. The number of aromatic nitrogens is 3. The number of isothiocyanates is 1. The molecule has 0 saturated carbocycles. The van der Waals surface area contributed by atoms with E-state index in [0.717, 1.165) is 104 Å². The van der Waals surface area contributed by atoms with E-state index in [1.165, 1.54) is 43.5 Å². The Kier molecular flexibility index (Phi) is 39.1. The molecule has 0 saturated heterocycles. The van der Waals surface area contributed by atoms with Crippen LogP contribution in [0.2, 0.25) is 0 Å². The second kappa shape index (κ2) is 44.9. The van der Waals surface area contributed by atoms with Gasteiger partial charge >= 0.3 is 0 Å². The highest BCUT2D eigenvalue weighted by atomic mass is 79.9. The number of rotatable bonds is 27. The summed E-state index contributed by atoms with van der Waals surface area (Å²) in [6.07, 6.45) is 0. The number of aromatic amines is 1. The van der Waals surface area contributed by atoms with Gasteiger partial charge in [0, 0.05) is 110 Å². The van der Waals surface area contributed by atoms with Gasteiger partial charge in [-0.15, -0.1) is 0 Å². The van der Waals surface area contributed by atoms with Gasteiger partial charge in [0.1, 0.15) is 46.0 Å². The third-order valence-corrected chi connectivity index (χ3v) is 16.0. The number of nitrogen functional groups attached to an aromatic ring is 1. The lowest BCUT2D eigenvalue weighted by atomic mass is 9.98. The van der Waals surface area contributed by atoms with Crippen molar-refractivity contribution in [3.8, 4) is 63.1 Å². The van der Waals surface area contributed by atoms with Crippen molar-refractivity contribution in [1.29, 1.82) is 0 Å². The normalized spacial score (nSPS) is 10.5. The number of nitro groups is 2. The van der Waals surface area contributed by atoms with E-state index in [4.69, 9.17) is 37.0 Å². The fourth-order valence-corrected chi connectivity index (χ4v) is 9.96. The zero-order chi connectivity index (χ0) is 77.2. The van der Waals surface area contributed by atoms with Crippen LogP contribution in [0.1, 0.15) is 61.0 Å². The molecule has 1 heterocycles. The third-order valence-electron chi connectivity index (χ3n) is 15.0. The van der Waals surface area contributed by atoms with E-state index in [2.05, 4.69) is 111 Å². The van der Waals surface area contributed by atoms with E-state index in [0.29, 0.717) is 37.7 Å². The standard InChI is InChI=1S/C23H31N5O3S.C13H19N3OS.C12H19N3O3.C10H14N2O3.C7H6BrNO3.C5H14N2/c1-14(2)16-12-17(20(30)13-19(16)29)22-24-25-23(32)28(22)15-7-8-21(31-6)18(11-15)27(5)10-9-26(3)4;1-15(2)7-8-16(3)12-9-11(14-10-18)5-6-13(12)17-4;1-13(2)7-8-14(3)11-9-10(15(16)17)5-6-12(11)18-4;1-5(2)6-3-7(10(15)12-11)9(14)4-8(6)13;1-12-7-3-2-5(9(10)11)4-6(7)8;1-6-4-5-7(2)3/h7-8,11-14,29-30H,9-10H2,1-6H3,(H,25,32);2*5-6,9H,7-8H2,1-4H3;3-5,13-14H,11H2,1-2H3,(H,12,15);2-4H,1H3;6H,4-5H2,1-3H3. The molecule has 0 spiro atoms. The topological polar surface area (TPSA) is 340 Å². The number of hydrazine groups is 1. The molecule has 102 heavy (non-hydrogen) atoms. The molecule has 0 unspecified atom stereocenters. The molecule has 0 aliphatic rings. The maximum absolute atomic E-state index is 11.2. The number of phenolic OH excluding ortho intramolecular Hbond substituents is 4. The Hall–Kier alpha value is -9.21. The van der Waals surface area contributed by atoms with Crippen molar-refractivity contribution in [3.05, 3.63) is 143 Å². The molecule has 0 fully saturated rings. The quantitative estimate of drug-likeness (QED) is 0.00592. The van der Waals surface area contributed by atoms with E-state index in [-0.39, 0.29) is 51.8 Å². The van der Waals surface area contributed by atoms with Crippen LogP contribution in [0, 0.1) is 25.0 Å². The fourth-order valence-electron chi connectivity index (χ4n) is 9.09. The highest BCUT2D eigenvalue weighted by Gasteiger charge is 2.22. The molecule has 0 aliphatic carbocycles. The number of benzene rings is 6. The number of carbonyl (C=O) groups excluding carboxylic acids is 1. The molecular weight excluding hydrogens is 1420 g/mol. The number of thiocarbonyl (C=S) groups is 1. The van der Waals surface area contributed by atoms with Gasteiger partial charge in [0.25, 0.3) is 17.3 Å². The number of hydrogen-bond acceptors (Lipinski definition) is 26. The van der Waals surface area contributed by atoms with Gasteiger partial charge in [-0.1, -0.05) is 27.7 Å². The van der Waals surface area contributed by atoms with Gasteiger partial charge < -0.3 is 79.0 Å². The summed E-state index contributed by atoms with van der Waals surface area (Å²) >= 11 is 13.3. The molecule has 32 heteroatoms. The van der Waals surface area contributed by atoms with Crippen molar-refractivity contribution in [2.45, 2.75) is 39.5 Å². The number of amides is 1. The molecule has 6 aromatic carbocycles. The number of nitro benzene ring substituents is 2. The predicted molar refractivity (Wildman–Crippen MR) is 416 cm³/mol. The molecule has 560 valence electrons. The Balaban J connectivity index is 0.000000441. The van der Waals surface area contributed by atoms with Crippen LogP contribution >= 0.6 is 40.4 Å². The summed E-state index contributed by atoms with van der Waals surface area (Å²) in [7, 11) is 30.6. The second-order valence-electron chi connectivity index (χ2n) is 24.5. The SMILES string of the molecule is CC(C)c1cc(C(=O)NN)c(O)cc1O.CNCCN(C)C.COc1ccc(-n2c(-c3cc(C(C)C)c(O)cc3O)n[nH]c2=S)cc1N(C)CCN(C)C.COc1ccc(N=C=S)cc1N(C)CCN(C)C.COc1ccc([N+](=O)[O-])cc1Br.COc1ccc([N+](=O)[O-])cc1N(C)CCN(C)C. The minimum atomic E-state index is -0.589. The molecule has 7 aromatic rings. The van der Waals surface area contributed by atoms with Crippen LogP contribution in [0.15, 0.2) is 107 Å². The molecule has 9 N–H and O–H groups in total. The molecule has 1 amide bonds. The maximum Gasteiger partial charge on any atom is 0.271 e. The number of nitrogens with zero attached hydrogens (tertiary/aromatic N) is 12. The van der Waals surface area contributed by atoms with Crippen LogP contribution < -0.4 is 50.2 Å². The first-order chi connectivity index (χ1) is 48.0. The number of nitrogens with two attached hydrogens (primary N) is 1. The number of aromatic hydroxyl groups is 4. The van der Waals surface area contributed by atoms with Gasteiger partial charge in [-0.25, -0.2) is 5.84 Å². The van der Waals surface area contributed by atoms with E-state index < -0.39 is 15.8 Å². The Labute approximate surface area is 618 Å². The van der Waals surface area contributed by atoms with Crippen molar-refractivity contribution in [2.24, 2.45) is 10.8 Å². The molecule has 0 aliphatic heterocycles. The number of hydrogen-bond donors (Lipinski definition) is 8. The van der Waals surface area contributed by atoms with Crippen LogP contribution in [0.5, 0.6) is 46.0 Å². The molecule has 29 nitrogen and oxygen atoms in total. The molecule has 0 atom stereocenters. The first-order valence-corrected chi connectivity index (χ1v) is 33.6. The molecule has 0 bridgehead atoms. The molecular formula is C70H103BrN16O13S2. The van der Waals surface area contributed by atoms with Gasteiger partial charge in [0.15, 0.2) is 10.6 Å². The Bertz CT molecular complexity index is 3840. The Morgan fingerprint density at radius 1 is 0.608 bits per heavy atom. The van der Waals surface area contributed by atoms with E-state index in [9.17, 15) is 45.4 Å². The molecule has 7 rings (SSSR count). The summed E-state index contributed by atoms with van der Waals surface area (Å²) in [5.41, 5.74) is 8.11. The zero-order valence-electron chi connectivity index (χ0n) is 62.2. The Morgan fingerprint density at radius 2 is 1.03 bits per heavy atom. The van der Waals surface area contributed by atoms with Gasteiger partial charge in [0.2, 0.25) is 0 Å². The number of halogens is 1. The van der Waals surface area contributed by atoms with Gasteiger partial charge in [-0.05, 0) is 187 Å². The van der Waals surface area contributed by atoms with Crippen LogP contribution in [0.25, 0.3) is 17.1 Å². The summed E-state index contributed by atoms with van der Waals surface area (Å²) in [5, 5.41) is 73.5. The van der Waals surface area contributed by atoms with Crippen molar-refractivity contribution in [2.75, 3.05) is 180 Å². The number of phenols is 4. The van der Waals surface area contributed by atoms with E-state index >= 15 is 0 Å². The highest BCUT2D eigenvalue weighted by Crippen LogP contribution is 2.40. The van der Waals surface area contributed by atoms with Crippen LogP contribution in [0.3, 0.4) is 0 Å². The van der Waals surface area contributed by atoms with Gasteiger partial charge in [0.05, 0.1) is 87.5 Å². The monoisotopic (exact) mass is 1520 g/mol. The van der Waals surface area contributed by atoms with Gasteiger partial charge in [-0.3, -0.25) is 40.1 Å². The lowest BCUT2D eigenvalue weighted by Crippen LogP contribution is -2.30. The number of aliphatic imine (C=N–C) groups is 1. The number of anilines is 3. The average molecular weight is 1520 g/mol. The summed E-state index contributed by atoms with van der Waals surface area (Å²) in [5.74, 6) is 7.42. The lowest BCUT2D eigenvalue weighted by molar-refractivity contribution is -0.385. The highest BCUT2D eigenvalue weighted by molar-refractivity contribution is 9.10.